The van der Waals surface area contributed by atoms with Crippen LogP contribution >= 0.6 is 0 Å². The van der Waals surface area contributed by atoms with E-state index in [0.717, 1.165) is 6.42 Å². The molecule has 0 amide bonds. The molecule has 1 N–H and O–H groups in total. The van der Waals surface area contributed by atoms with Gasteiger partial charge in [-0.15, -0.1) is 0 Å². The average molecular weight is 207 g/mol. The van der Waals surface area contributed by atoms with E-state index in [1.165, 1.54) is 0 Å². The van der Waals surface area contributed by atoms with Crippen LogP contribution in [0, 0.1) is 0 Å². The molecule has 78 valence electrons. The van der Waals surface area contributed by atoms with Crippen molar-refractivity contribution in [2.75, 3.05) is 31.1 Å². The standard InChI is InChI=1S/C8H17NO3S/c1-2-8(10)7-9-3-5-13(11,12)6-4-9/h8,10H,2-7H2,1H3. The van der Waals surface area contributed by atoms with Crippen LogP contribution in [0.3, 0.4) is 0 Å². The summed E-state index contributed by atoms with van der Waals surface area (Å²) < 4.78 is 22.1. The molecule has 0 radical (unpaired) electrons. The van der Waals surface area contributed by atoms with E-state index in [0.29, 0.717) is 19.6 Å². The molecule has 1 aliphatic rings. The highest BCUT2D eigenvalue weighted by atomic mass is 32.2. The Morgan fingerprint density at radius 2 is 1.92 bits per heavy atom. The molecule has 13 heavy (non-hydrogen) atoms. The van der Waals surface area contributed by atoms with Gasteiger partial charge in [0.15, 0.2) is 9.84 Å². The first-order valence-corrected chi connectivity index (χ1v) is 6.46. The zero-order chi connectivity index (χ0) is 9.90. The summed E-state index contributed by atoms with van der Waals surface area (Å²) in [6, 6.07) is 0. The van der Waals surface area contributed by atoms with Crippen molar-refractivity contribution in [2.45, 2.75) is 19.4 Å². The number of rotatable bonds is 3. The number of β-amino-alcohol motifs (C(OH)–C–C–N with tert-alkyl or cyclic N) is 1. The normalized spacial score (nSPS) is 25.7. The number of nitrogens with zero attached hydrogens (tertiary/aromatic N) is 1. The summed E-state index contributed by atoms with van der Waals surface area (Å²) in [6.07, 6.45) is 0.407. The quantitative estimate of drug-likeness (QED) is 0.677. The third-order valence-corrected chi connectivity index (χ3v) is 3.99. The van der Waals surface area contributed by atoms with Gasteiger partial charge in [-0.2, -0.15) is 0 Å². The molecule has 1 heterocycles. The van der Waals surface area contributed by atoms with Crippen LogP contribution in [0.4, 0.5) is 0 Å². The number of sulfone groups is 1. The van der Waals surface area contributed by atoms with Gasteiger partial charge in [-0.25, -0.2) is 8.42 Å². The van der Waals surface area contributed by atoms with Gasteiger partial charge in [0, 0.05) is 19.6 Å². The molecule has 4 nitrogen and oxygen atoms in total. The van der Waals surface area contributed by atoms with Crippen molar-refractivity contribution in [1.29, 1.82) is 0 Å². The smallest absolute Gasteiger partial charge is 0.152 e. The van der Waals surface area contributed by atoms with Gasteiger partial charge in [-0.1, -0.05) is 6.92 Å². The Morgan fingerprint density at radius 1 is 1.38 bits per heavy atom. The van der Waals surface area contributed by atoms with Crippen molar-refractivity contribution < 1.29 is 13.5 Å². The molecule has 0 bridgehead atoms. The van der Waals surface area contributed by atoms with Crippen LogP contribution in [-0.2, 0) is 9.84 Å². The van der Waals surface area contributed by atoms with Gasteiger partial charge in [0.1, 0.15) is 0 Å². The molecule has 1 saturated heterocycles. The fourth-order valence-corrected chi connectivity index (χ4v) is 2.64. The van der Waals surface area contributed by atoms with Crippen LogP contribution in [0.15, 0.2) is 0 Å². The van der Waals surface area contributed by atoms with Crippen LogP contribution in [-0.4, -0.2) is 55.7 Å². The maximum atomic E-state index is 11.1. The lowest BCUT2D eigenvalue weighted by Crippen LogP contribution is -2.43. The fraction of sp³-hybridized carbons (Fsp3) is 1.00. The van der Waals surface area contributed by atoms with Gasteiger partial charge in [0.2, 0.25) is 0 Å². The van der Waals surface area contributed by atoms with E-state index in [2.05, 4.69) is 0 Å². The SMILES string of the molecule is CCC(O)CN1CCS(=O)(=O)CC1. The first kappa shape index (κ1) is 10.9. The van der Waals surface area contributed by atoms with Gasteiger partial charge in [-0.05, 0) is 6.42 Å². The second kappa shape index (κ2) is 4.39. The minimum Gasteiger partial charge on any atom is -0.392 e. The summed E-state index contributed by atoms with van der Waals surface area (Å²) in [7, 11) is -2.78. The Morgan fingerprint density at radius 3 is 2.38 bits per heavy atom. The van der Waals surface area contributed by atoms with E-state index in [1.54, 1.807) is 0 Å². The van der Waals surface area contributed by atoms with Crippen LogP contribution in [0.1, 0.15) is 13.3 Å². The van der Waals surface area contributed by atoms with Crippen molar-refractivity contribution in [2.24, 2.45) is 0 Å². The van der Waals surface area contributed by atoms with E-state index >= 15 is 0 Å². The fourth-order valence-electron chi connectivity index (χ4n) is 1.36. The molecule has 1 aliphatic heterocycles. The highest BCUT2D eigenvalue weighted by molar-refractivity contribution is 7.91. The van der Waals surface area contributed by atoms with Gasteiger partial charge in [0.25, 0.3) is 0 Å². The van der Waals surface area contributed by atoms with Gasteiger partial charge < -0.3 is 5.11 Å². The number of hydrogen-bond acceptors (Lipinski definition) is 4. The molecule has 5 heteroatoms. The van der Waals surface area contributed by atoms with E-state index in [-0.39, 0.29) is 17.6 Å². The third-order valence-electron chi connectivity index (χ3n) is 2.38. The second-order valence-electron chi connectivity index (χ2n) is 3.51. The van der Waals surface area contributed by atoms with Crippen molar-refractivity contribution in [1.82, 2.24) is 4.90 Å². The number of hydrogen-bond donors (Lipinski definition) is 1. The van der Waals surface area contributed by atoms with Crippen LogP contribution in [0.2, 0.25) is 0 Å². The molecule has 0 aromatic carbocycles. The van der Waals surface area contributed by atoms with E-state index < -0.39 is 9.84 Å². The van der Waals surface area contributed by atoms with E-state index in [1.807, 2.05) is 11.8 Å². The monoisotopic (exact) mass is 207 g/mol. The Balaban J connectivity index is 2.33. The molecule has 1 atom stereocenters. The van der Waals surface area contributed by atoms with Crippen LogP contribution in [0.5, 0.6) is 0 Å². The Bertz CT molecular complexity index is 236. The van der Waals surface area contributed by atoms with Gasteiger partial charge >= 0.3 is 0 Å². The summed E-state index contributed by atoms with van der Waals surface area (Å²) in [5.41, 5.74) is 0. The largest absolute Gasteiger partial charge is 0.392 e. The Hall–Kier alpha value is -0.130. The third kappa shape index (κ3) is 3.62. The molecule has 0 spiro atoms. The molecule has 0 saturated carbocycles. The van der Waals surface area contributed by atoms with Gasteiger partial charge in [-0.3, -0.25) is 4.90 Å². The lowest BCUT2D eigenvalue weighted by atomic mass is 10.2. The van der Waals surface area contributed by atoms with Crippen molar-refractivity contribution in [3.05, 3.63) is 0 Å². The molecular formula is C8H17NO3S. The number of aliphatic hydroxyl groups excluding tert-OH is 1. The van der Waals surface area contributed by atoms with E-state index in [9.17, 15) is 13.5 Å². The molecule has 0 aromatic rings. The Kier molecular flexibility index (Phi) is 3.70. The zero-order valence-corrected chi connectivity index (χ0v) is 8.76. The van der Waals surface area contributed by atoms with Crippen molar-refractivity contribution in [3.63, 3.8) is 0 Å². The molecular weight excluding hydrogens is 190 g/mol. The highest BCUT2D eigenvalue weighted by Gasteiger charge is 2.22. The summed E-state index contributed by atoms with van der Waals surface area (Å²) in [5.74, 6) is 0.479. The lowest BCUT2D eigenvalue weighted by molar-refractivity contribution is 0.114. The average Bonchev–Trinajstić information content (AvgIpc) is 2.08. The van der Waals surface area contributed by atoms with Crippen LogP contribution in [0.25, 0.3) is 0 Å². The first-order chi connectivity index (χ1) is 6.03. The molecule has 0 aliphatic carbocycles. The maximum absolute atomic E-state index is 11.1. The maximum Gasteiger partial charge on any atom is 0.152 e. The molecule has 1 unspecified atom stereocenters. The topological polar surface area (TPSA) is 57.6 Å². The molecule has 0 aromatic heterocycles. The summed E-state index contributed by atoms with van der Waals surface area (Å²) >= 11 is 0. The predicted octanol–water partition coefficient (Wildman–Crippen LogP) is -0.512. The molecule has 1 fully saturated rings. The van der Waals surface area contributed by atoms with E-state index in [4.69, 9.17) is 0 Å². The Labute approximate surface area is 79.5 Å². The van der Waals surface area contributed by atoms with Gasteiger partial charge in [0.05, 0.1) is 17.6 Å². The number of aliphatic hydroxyl groups is 1. The minimum atomic E-state index is -2.78. The summed E-state index contributed by atoms with van der Waals surface area (Å²) in [5, 5.41) is 9.35. The van der Waals surface area contributed by atoms with Crippen LogP contribution < -0.4 is 0 Å². The molecule has 1 rings (SSSR count). The predicted molar refractivity (Wildman–Crippen MR) is 51.4 cm³/mol. The van der Waals surface area contributed by atoms with Crippen molar-refractivity contribution in [3.8, 4) is 0 Å². The highest BCUT2D eigenvalue weighted by Crippen LogP contribution is 2.05. The first-order valence-electron chi connectivity index (χ1n) is 4.64. The lowest BCUT2D eigenvalue weighted by Gasteiger charge is -2.27. The summed E-state index contributed by atoms with van der Waals surface area (Å²) in [4.78, 5) is 2.01. The minimum absolute atomic E-state index is 0.240. The van der Waals surface area contributed by atoms with Crippen molar-refractivity contribution >= 4 is 9.84 Å². The second-order valence-corrected chi connectivity index (χ2v) is 5.82. The summed E-state index contributed by atoms with van der Waals surface area (Å²) in [6.45, 7) is 3.66. The zero-order valence-electron chi connectivity index (χ0n) is 7.94.